The lowest BCUT2D eigenvalue weighted by atomic mass is 10.1. The molecule has 1 rings (SSSR count). The van der Waals surface area contributed by atoms with Crippen LogP contribution in [0.2, 0.25) is 0 Å². The Kier molecular flexibility index (Phi) is 5.05. The van der Waals surface area contributed by atoms with E-state index in [1.807, 2.05) is 0 Å². The number of amides is 1. The van der Waals surface area contributed by atoms with Crippen LogP contribution in [0.1, 0.15) is 40.5 Å². The van der Waals surface area contributed by atoms with Crippen molar-refractivity contribution in [1.82, 2.24) is 5.32 Å². The Morgan fingerprint density at radius 2 is 1.67 bits per heavy atom. The Labute approximate surface area is 105 Å². The summed E-state index contributed by atoms with van der Waals surface area (Å²) in [6.45, 7) is 1.86. The number of ketones is 1. The first-order valence-electron chi connectivity index (χ1n) is 5.68. The van der Waals surface area contributed by atoms with E-state index in [2.05, 4.69) is 5.32 Å². The van der Waals surface area contributed by atoms with Gasteiger partial charge < -0.3 is 10.4 Å². The van der Waals surface area contributed by atoms with Gasteiger partial charge in [-0.25, -0.2) is 0 Å². The topological polar surface area (TPSA) is 83.5 Å². The Bertz CT molecular complexity index is 451. The van der Waals surface area contributed by atoms with Crippen LogP contribution in [0.4, 0.5) is 0 Å². The molecule has 0 aliphatic heterocycles. The lowest BCUT2D eigenvalue weighted by molar-refractivity contribution is -0.136. The molecule has 5 nitrogen and oxygen atoms in total. The molecule has 96 valence electrons. The van der Waals surface area contributed by atoms with Crippen LogP contribution in [-0.4, -0.2) is 29.3 Å². The summed E-state index contributed by atoms with van der Waals surface area (Å²) in [5.74, 6) is -1.28. The second kappa shape index (κ2) is 6.54. The van der Waals surface area contributed by atoms with Gasteiger partial charge in [-0.15, -0.1) is 0 Å². The van der Waals surface area contributed by atoms with Crippen molar-refractivity contribution in [3.05, 3.63) is 35.4 Å². The van der Waals surface area contributed by atoms with Crippen LogP contribution >= 0.6 is 0 Å². The lowest BCUT2D eigenvalue weighted by Gasteiger charge is -2.04. The summed E-state index contributed by atoms with van der Waals surface area (Å²) in [5, 5.41) is 10.9. The summed E-state index contributed by atoms with van der Waals surface area (Å²) in [6, 6.07) is 6.30. The molecule has 18 heavy (non-hydrogen) atoms. The monoisotopic (exact) mass is 249 g/mol. The van der Waals surface area contributed by atoms with E-state index >= 15 is 0 Å². The van der Waals surface area contributed by atoms with Gasteiger partial charge in [0.2, 0.25) is 0 Å². The molecule has 0 radical (unpaired) electrons. The van der Waals surface area contributed by atoms with Crippen molar-refractivity contribution in [2.75, 3.05) is 6.54 Å². The summed E-state index contributed by atoms with van der Waals surface area (Å²) < 4.78 is 0. The number of hydrogen-bond donors (Lipinski definition) is 2. The molecule has 5 heteroatoms. The highest BCUT2D eigenvalue weighted by Gasteiger charge is 2.07. The number of aliphatic carboxylic acids is 1. The fraction of sp³-hybridized carbons (Fsp3) is 0.308. The standard InChI is InChI=1S/C13H15NO4/c1-2-11(15)9-3-5-10(6-4-9)13(18)14-8-7-12(16)17/h3-6H,2,7-8H2,1H3,(H,14,18)(H,16,17). The van der Waals surface area contributed by atoms with Gasteiger partial charge in [0.25, 0.3) is 5.91 Å². The van der Waals surface area contributed by atoms with Crippen molar-refractivity contribution < 1.29 is 19.5 Å². The molecule has 1 aromatic carbocycles. The average Bonchev–Trinajstić information content (AvgIpc) is 2.37. The van der Waals surface area contributed by atoms with Crippen molar-refractivity contribution in [2.45, 2.75) is 19.8 Å². The van der Waals surface area contributed by atoms with Gasteiger partial charge in [-0.2, -0.15) is 0 Å². The van der Waals surface area contributed by atoms with E-state index in [1.165, 1.54) is 0 Å². The Hall–Kier alpha value is -2.17. The highest BCUT2D eigenvalue weighted by molar-refractivity contribution is 5.98. The molecule has 0 fully saturated rings. The maximum absolute atomic E-state index is 11.6. The minimum Gasteiger partial charge on any atom is -0.481 e. The van der Waals surface area contributed by atoms with Crippen LogP contribution in [0.3, 0.4) is 0 Å². The number of carbonyl (C=O) groups is 3. The summed E-state index contributed by atoms with van der Waals surface area (Å²) in [6.07, 6.45) is 0.308. The molecule has 0 atom stereocenters. The number of hydrogen-bond acceptors (Lipinski definition) is 3. The number of nitrogens with one attached hydrogen (secondary N) is 1. The van der Waals surface area contributed by atoms with Crippen molar-refractivity contribution in [3.8, 4) is 0 Å². The van der Waals surface area contributed by atoms with Crippen molar-refractivity contribution in [1.29, 1.82) is 0 Å². The van der Waals surface area contributed by atoms with Crippen LogP contribution in [0.15, 0.2) is 24.3 Å². The molecule has 1 amide bonds. The molecule has 0 heterocycles. The Morgan fingerprint density at radius 1 is 1.11 bits per heavy atom. The largest absolute Gasteiger partial charge is 0.481 e. The first-order valence-corrected chi connectivity index (χ1v) is 5.68. The first kappa shape index (κ1) is 13.9. The third-order valence-corrected chi connectivity index (χ3v) is 2.41. The molecule has 0 saturated heterocycles. The highest BCUT2D eigenvalue weighted by Crippen LogP contribution is 2.06. The van der Waals surface area contributed by atoms with Crippen LogP contribution in [-0.2, 0) is 4.79 Å². The van der Waals surface area contributed by atoms with Gasteiger partial charge in [0.05, 0.1) is 6.42 Å². The van der Waals surface area contributed by atoms with Gasteiger partial charge in [-0.1, -0.05) is 19.1 Å². The zero-order valence-electron chi connectivity index (χ0n) is 10.1. The van der Waals surface area contributed by atoms with E-state index in [-0.39, 0.29) is 24.7 Å². The van der Waals surface area contributed by atoms with Gasteiger partial charge in [0, 0.05) is 24.1 Å². The first-order chi connectivity index (χ1) is 8.54. The number of carbonyl (C=O) groups excluding carboxylic acids is 2. The van der Waals surface area contributed by atoms with Crippen molar-refractivity contribution >= 4 is 17.7 Å². The number of rotatable bonds is 6. The van der Waals surface area contributed by atoms with E-state index in [4.69, 9.17) is 5.11 Å². The fourth-order valence-corrected chi connectivity index (χ4v) is 1.40. The summed E-state index contributed by atoms with van der Waals surface area (Å²) in [4.78, 5) is 33.2. The predicted molar refractivity (Wildman–Crippen MR) is 65.6 cm³/mol. The van der Waals surface area contributed by atoms with Gasteiger partial charge in [-0.05, 0) is 12.1 Å². The SMILES string of the molecule is CCC(=O)c1ccc(C(=O)NCCC(=O)O)cc1. The molecule has 1 aromatic rings. The molecule has 0 aliphatic rings. The lowest BCUT2D eigenvalue weighted by Crippen LogP contribution is -2.25. The molecular weight excluding hydrogens is 234 g/mol. The second-order valence-electron chi connectivity index (χ2n) is 3.75. The molecule has 0 unspecified atom stereocenters. The smallest absolute Gasteiger partial charge is 0.305 e. The molecule has 0 saturated carbocycles. The molecule has 0 bridgehead atoms. The van der Waals surface area contributed by atoms with E-state index in [1.54, 1.807) is 31.2 Å². The summed E-state index contributed by atoms with van der Waals surface area (Å²) in [5.41, 5.74) is 0.979. The number of carboxylic acid groups (broad SMARTS) is 1. The summed E-state index contributed by atoms with van der Waals surface area (Å²) >= 11 is 0. The number of benzene rings is 1. The zero-order chi connectivity index (χ0) is 13.5. The maximum atomic E-state index is 11.6. The Balaban J connectivity index is 2.59. The van der Waals surface area contributed by atoms with Crippen molar-refractivity contribution in [3.63, 3.8) is 0 Å². The van der Waals surface area contributed by atoms with Crippen molar-refractivity contribution in [2.24, 2.45) is 0 Å². The molecule has 0 aromatic heterocycles. The van der Waals surface area contributed by atoms with Crippen LogP contribution in [0.25, 0.3) is 0 Å². The molecular formula is C13H15NO4. The zero-order valence-corrected chi connectivity index (χ0v) is 10.1. The summed E-state index contributed by atoms with van der Waals surface area (Å²) in [7, 11) is 0. The van der Waals surface area contributed by atoms with Crippen LogP contribution in [0.5, 0.6) is 0 Å². The van der Waals surface area contributed by atoms with Crippen LogP contribution in [0, 0.1) is 0 Å². The molecule has 2 N–H and O–H groups in total. The van der Waals surface area contributed by atoms with Gasteiger partial charge >= 0.3 is 5.97 Å². The molecule has 0 aliphatic carbocycles. The normalized spacial score (nSPS) is 9.83. The quantitative estimate of drug-likeness (QED) is 0.748. The van der Waals surface area contributed by atoms with Gasteiger partial charge in [0.1, 0.15) is 0 Å². The van der Waals surface area contributed by atoms with E-state index in [9.17, 15) is 14.4 Å². The minimum atomic E-state index is -0.959. The minimum absolute atomic E-state index is 0.0211. The third kappa shape index (κ3) is 4.01. The highest BCUT2D eigenvalue weighted by atomic mass is 16.4. The van der Waals surface area contributed by atoms with Crippen LogP contribution < -0.4 is 5.32 Å². The fourth-order valence-electron chi connectivity index (χ4n) is 1.40. The average molecular weight is 249 g/mol. The second-order valence-corrected chi connectivity index (χ2v) is 3.75. The maximum Gasteiger partial charge on any atom is 0.305 e. The Morgan fingerprint density at radius 3 is 2.17 bits per heavy atom. The molecule has 0 spiro atoms. The van der Waals surface area contributed by atoms with Gasteiger partial charge in [0.15, 0.2) is 5.78 Å². The number of carboxylic acids is 1. The predicted octanol–water partition coefficient (Wildman–Crippen LogP) is 1.48. The van der Waals surface area contributed by atoms with E-state index < -0.39 is 5.97 Å². The van der Waals surface area contributed by atoms with Gasteiger partial charge in [-0.3, -0.25) is 14.4 Å². The van der Waals surface area contributed by atoms with E-state index in [0.717, 1.165) is 0 Å². The number of Topliss-reactive ketones (excluding diaryl/α,β-unsaturated/α-hetero) is 1. The third-order valence-electron chi connectivity index (χ3n) is 2.41. The van der Waals surface area contributed by atoms with E-state index in [0.29, 0.717) is 17.5 Å².